The fourth-order valence-electron chi connectivity index (χ4n) is 3.40. The molecule has 0 radical (unpaired) electrons. The highest BCUT2D eigenvalue weighted by Crippen LogP contribution is 2.11. The van der Waals surface area contributed by atoms with E-state index in [0.717, 1.165) is 37.2 Å². The highest BCUT2D eigenvalue weighted by atomic mass is 16.2. The van der Waals surface area contributed by atoms with Gasteiger partial charge in [-0.1, -0.05) is 48.5 Å². The monoisotopic (exact) mass is 420 g/mol. The Kier molecular flexibility index (Phi) is 8.37. The lowest BCUT2D eigenvalue weighted by Crippen LogP contribution is -2.48. The van der Waals surface area contributed by atoms with Crippen molar-refractivity contribution in [2.45, 2.75) is 18.9 Å². The summed E-state index contributed by atoms with van der Waals surface area (Å²) < 4.78 is 0. The van der Waals surface area contributed by atoms with Crippen LogP contribution in [0.25, 0.3) is 6.08 Å². The Hall–Kier alpha value is -3.45. The van der Waals surface area contributed by atoms with Gasteiger partial charge in [-0.2, -0.15) is 0 Å². The summed E-state index contributed by atoms with van der Waals surface area (Å²) >= 11 is 0. The minimum absolute atomic E-state index is 0.0417. The van der Waals surface area contributed by atoms with Gasteiger partial charge in [-0.15, -0.1) is 0 Å². The second kappa shape index (κ2) is 11.7. The molecule has 0 aliphatic carbocycles. The molecule has 3 rings (SSSR count). The lowest BCUT2D eigenvalue weighted by atomic mass is 10.0. The number of anilines is 1. The van der Waals surface area contributed by atoms with Crippen molar-refractivity contribution in [1.82, 2.24) is 15.5 Å². The van der Waals surface area contributed by atoms with Gasteiger partial charge in [0.05, 0.1) is 13.1 Å². The van der Waals surface area contributed by atoms with E-state index in [4.69, 9.17) is 0 Å². The smallest absolute Gasteiger partial charge is 0.244 e. The van der Waals surface area contributed by atoms with Crippen LogP contribution in [0.1, 0.15) is 18.4 Å². The zero-order valence-corrected chi connectivity index (χ0v) is 17.4. The zero-order chi connectivity index (χ0) is 21.9. The van der Waals surface area contributed by atoms with Gasteiger partial charge in [0.1, 0.15) is 0 Å². The van der Waals surface area contributed by atoms with Gasteiger partial charge in [0, 0.05) is 30.9 Å². The number of para-hydroxylation sites is 1. The number of hydrogen-bond acceptors (Lipinski definition) is 4. The summed E-state index contributed by atoms with van der Waals surface area (Å²) in [5.41, 5.74) is 1.71. The van der Waals surface area contributed by atoms with Gasteiger partial charge in [-0.3, -0.25) is 19.3 Å². The molecule has 1 aliphatic heterocycles. The third-order valence-corrected chi connectivity index (χ3v) is 5.03. The van der Waals surface area contributed by atoms with E-state index < -0.39 is 0 Å². The first-order chi connectivity index (χ1) is 15.1. The van der Waals surface area contributed by atoms with E-state index in [1.807, 2.05) is 60.7 Å². The molecule has 3 N–H and O–H groups in total. The Morgan fingerprint density at radius 1 is 0.903 bits per heavy atom. The number of amides is 3. The quantitative estimate of drug-likeness (QED) is 0.570. The summed E-state index contributed by atoms with van der Waals surface area (Å²) in [6, 6.07) is 18.9. The molecule has 0 bridgehead atoms. The number of piperidine rings is 1. The minimum atomic E-state index is -0.307. The van der Waals surface area contributed by atoms with Crippen LogP contribution in [0.3, 0.4) is 0 Å². The molecule has 7 heteroatoms. The average Bonchev–Trinajstić information content (AvgIpc) is 2.79. The van der Waals surface area contributed by atoms with Crippen LogP contribution < -0.4 is 16.0 Å². The summed E-state index contributed by atoms with van der Waals surface area (Å²) in [5, 5.41) is 8.44. The molecular weight excluding hydrogens is 392 g/mol. The van der Waals surface area contributed by atoms with Crippen LogP contribution in [0, 0.1) is 0 Å². The second-order valence-electron chi connectivity index (χ2n) is 7.49. The number of rotatable bonds is 8. The molecule has 1 heterocycles. The molecule has 0 aromatic heterocycles. The summed E-state index contributed by atoms with van der Waals surface area (Å²) in [6.45, 7) is 1.75. The second-order valence-corrected chi connectivity index (χ2v) is 7.49. The Morgan fingerprint density at radius 3 is 2.23 bits per heavy atom. The van der Waals surface area contributed by atoms with Crippen LogP contribution in [-0.2, 0) is 14.4 Å². The first-order valence-electron chi connectivity index (χ1n) is 10.5. The van der Waals surface area contributed by atoms with E-state index in [1.165, 1.54) is 6.08 Å². The maximum Gasteiger partial charge on any atom is 0.244 e. The number of nitrogens with one attached hydrogen (secondary N) is 3. The van der Waals surface area contributed by atoms with Crippen molar-refractivity contribution in [3.63, 3.8) is 0 Å². The highest BCUT2D eigenvalue weighted by molar-refractivity contribution is 5.94. The first-order valence-corrected chi connectivity index (χ1v) is 10.5. The molecule has 2 aromatic carbocycles. The van der Waals surface area contributed by atoms with Gasteiger partial charge in [0.25, 0.3) is 0 Å². The molecule has 1 aliphatic rings. The number of hydrogen-bond donors (Lipinski definition) is 3. The van der Waals surface area contributed by atoms with E-state index in [-0.39, 0.29) is 30.3 Å². The predicted molar refractivity (Wildman–Crippen MR) is 121 cm³/mol. The summed E-state index contributed by atoms with van der Waals surface area (Å²) in [5.74, 6) is -0.556. The van der Waals surface area contributed by atoms with Gasteiger partial charge in [0.15, 0.2) is 0 Å². The molecule has 0 saturated carbocycles. The molecule has 1 fully saturated rings. The van der Waals surface area contributed by atoms with Crippen LogP contribution in [-0.4, -0.2) is 54.8 Å². The van der Waals surface area contributed by atoms with E-state index in [1.54, 1.807) is 6.08 Å². The third-order valence-electron chi connectivity index (χ3n) is 5.03. The van der Waals surface area contributed by atoms with Crippen LogP contribution in [0.2, 0.25) is 0 Å². The van der Waals surface area contributed by atoms with Gasteiger partial charge in [-0.05, 0) is 36.6 Å². The Bertz CT molecular complexity index is 892. The highest BCUT2D eigenvalue weighted by Gasteiger charge is 2.22. The Balaban J connectivity index is 1.31. The maximum absolute atomic E-state index is 12.2. The van der Waals surface area contributed by atoms with Crippen molar-refractivity contribution >= 4 is 29.5 Å². The summed E-state index contributed by atoms with van der Waals surface area (Å²) in [7, 11) is 0. The number of benzene rings is 2. The molecule has 7 nitrogen and oxygen atoms in total. The minimum Gasteiger partial charge on any atom is -0.352 e. The van der Waals surface area contributed by atoms with E-state index in [0.29, 0.717) is 6.54 Å². The van der Waals surface area contributed by atoms with Gasteiger partial charge in [-0.25, -0.2) is 0 Å². The van der Waals surface area contributed by atoms with Crippen molar-refractivity contribution in [1.29, 1.82) is 0 Å². The molecule has 0 unspecified atom stereocenters. The summed E-state index contributed by atoms with van der Waals surface area (Å²) in [6.07, 6.45) is 4.66. The Morgan fingerprint density at radius 2 is 1.55 bits per heavy atom. The van der Waals surface area contributed by atoms with Crippen LogP contribution in [0.4, 0.5) is 5.69 Å². The molecule has 162 valence electrons. The molecule has 2 aromatic rings. The van der Waals surface area contributed by atoms with Crippen molar-refractivity contribution in [2.75, 3.05) is 31.5 Å². The van der Waals surface area contributed by atoms with Gasteiger partial charge in [0.2, 0.25) is 17.7 Å². The number of carbonyl (C=O) groups excluding carboxylic acids is 3. The Labute approximate surface area is 182 Å². The van der Waals surface area contributed by atoms with Crippen LogP contribution >= 0.6 is 0 Å². The molecular formula is C24H28N4O3. The van der Waals surface area contributed by atoms with Crippen LogP contribution in [0.15, 0.2) is 66.7 Å². The van der Waals surface area contributed by atoms with Crippen molar-refractivity contribution in [2.24, 2.45) is 0 Å². The number of likely N-dealkylation sites (tertiary alicyclic amines) is 1. The van der Waals surface area contributed by atoms with Gasteiger partial charge < -0.3 is 16.0 Å². The normalized spacial score (nSPS) is 14.8. The summed E-state index contributed by atoms with van der Waals surface area (Å²) in [4.78, 5) is 38.2. The molecule has 31 heavy (non-hydrogen) atoms. The largest absolute Gasteiger partial charge is 0.352 e. The standard InChI is InChI=1S/C24H28N4O3/c29-22(12-11-19-7-3-1-4-8-19)25-17-23(30)26-21-13-15-28(16-14-21)18-24(31)27-20-9-5-2-6-10-20/h1-12,21H,13-18H2,(H,25,29)(H,26,30)(H,27,31). The van der Waals surface area contributed by atoms with E-state index in [2.05, 4.69) is 20.9 Å². The molecule has 0 spiro atoms. The van der Waals surface area contributed by atoms with Gasteiger partial charge >= 0.3 is 0 Å². The molecule has 3 amide bonds. The number of nitrogens with zero attached hydrogens (tertiary/aromatic N) is 1. The van der Waals surface area contributed by atoms with Crippen molar-refractivity contribution in [3.8, 4) is 0 Å². The zero-order valence-electron chi connectivity index (χ0n) is 17.4. The lowest BCUT2D eigenvalue weighted by Gasteiger charge is -2.31. The SMILES string of the molecule is O=C(C=Cc1ccccc1)NCC(=O)NC1CCN(CC(=O)Nc2ccccc2)CC1. The van der Waals surface area contributed by atoms with Crippen LogP contribution in [0.5, 0.6) is 0 Å². The predicted octanol–water partition coefficient (Wildman–Crippen LogP) is 2.04. The van der Waals surface area contributed by atoms with E-state index in [9.17, 15) is 14.4 Å². The fraction of sp³-hybridized carbons (Fsp3) is 0.292. The average molecular weight is 421 g/mol. The van der Waals surface area contributed by atoms with Crippen molar-refractivity contribution in [3.05, 3.63) is 72.3 Å². The lowest BCUT2D eigenvalue weighted by molar-refractivity contribution is -0.124. The molecule has 0 atom stereocenters. The molecule has 1 saturated heterocycles. The topological polar surface area (TPSA) is 90.5 Å². The number of carbonyl (C=O) groups is 3. The van der Waals surface area contributed by atoms with E-state index >= 15 is 0 Å². The third kappa shape index (κ3) is 8.06. The first kappa shape index (κ1) is 22.2. The fourth-order valence-corrected chi connectivity index (χ4v) is 3.40. The maximum atomic E-state index is 12.2. The van der Waals surface area contributed by atoms with Crippen molar-refractivity contribution < 1.29 is 14.4 Å².